The van der Waals surface area contributed by atoms with E-state index in [1.807, 2.05) is 79.7 Å². The van der Waals surface area contributed by atoms with Crippen LogP contribution in [0.3, 0.4) is 0 Å². The van der Waals surface area contributed by atoms with Crippen molar-refractivity contribution in [1.82, 2.24) is 4.98 Å². The maximum absolute atomic E-state index is 12.7. The summed E-state index contributed by atoms with van der Waals surface area (Å²) < 4.78 is 5.87. The van der Waals surface area contributed by atoms with Crippen molar-refractivity contribution in [2.75, 3.05) is 0 Å². The largest absolute Gasteiger partial charge is 0.452 e. The van der Waals surface area contributed by atoms with Gasteiger partial charge in [0.1, 0.15) is 0 Å². The van der Waals surface area contributed by atoms with Crippen molar-refractivity contribution in [3.63, 3.8) is 0 Å². The van der Waals surface area contributed by atoms with Crippen molar-refractivity contribution >= 4 is 5.97 Å². The molecule has 3 aromatic rings. The van der Waals surface area contributed by atoms with E-state index in [-0.39, 0.29) is 11.9 Å². The van der Waals surface area contributed by atoms with E-state index in [1.54, 1.807) is 12.4 Å². The van der Waals surface area contributed by atoms with Crippen LogP contribution in [0, 0.1) is 0 Å². The molecule has 0 saturated carbocycles. The van der Waals surface area contributed by atoms with Crippen LogP contribution in [0.2, 0.25) is 0 Å². The summed E-state index contributed by atoms with van der Waals surface area (Å²) in [5, 5.41) is 0. The summed E-state index contributed by atoms with van der Waals surface area (Å²) in [6, 6.07) is 23.3. The molecule has 3 rings (SSSR count). The Labute approximate surface area is 142 Å². The number of hydrogen-bond donors (Lipinski definition) is 0. The molecule has 0 radical (unpaired) electrons. The molecule has 0 bridgehead atoms. The topological polar surface area (TPSA) is 39.2 Å². The summed E-state index contributed by atoms with van der Waals surface area (Å²) in [5.74, 6) is -0.630. The van der Waals surface area contributed by atoms with Gasteiger partial charge in [0.2, 0.25) is 0 Å². The Hall–Kier alpha value is -2.94. The molecule has 1 aromatic heterocycles. The van der Waals surface area contributed by atoms with Crippen molar-refractivity contribution in [3.8, 4) is 0 Å². The first-order chi connectivity index (χ1) is 11.8. The quantitative estimate of drug-likeness (QED) is 0.650. The van der Waals surface area contributed by atoms with Crippen molar-refractivity contribution in [2.45, 2.75) is 18.9 Å². The van der Waals surface area contributed by atoms with Gasteiger partial charge in [0, 0.05) is 12.4 Å². The second-order valence-electron chi connectivity index (χ2n) is 5.65. The van der Waals surface area contributed by atoms with Crippen LogP contribution in [0.5, 0.6) is 0 Å². The van der Waals surface area contributed by atoms with Gasteiger partial charge in [-0.2, -0.15) is 0 Å². The second kappa shape index (κ2) is 7.55. The van der Waals surface area contributed by atoms with E-state index in [4.69, 9.17) is 4.74 Å². The van der Waals surface area contributed by atoms with Crippen LogP contribution < -0.4 is 0 Å². The van der Waals surface area contributed by atoms with Gasteiger partial charge in [0.25, 0.3) is 0 Å². The molecule has 1 heterocycles. The molecule has 0 aliphatic heterocycles. The van der Waals surface area contributed by atoms with E-state index >= 15 is 0 Å². The molecule has 0 amide bonds. The molecule has 0 fully saturated rings. The van der Waals surface area contributed by atoms with Gasteiger partial charge < -0.3 is 4.74 Å². The molecule has 24 heavy (non-hydrogen) atoms. The number of carbonyl (C=O) groups is 1. The lowest BCUT2D eigenvalue weighted by Crippen LogP contribution is -2.18. The van der Waals surface area contributed by atoms with E-state index in [1.165, 1.54) is 0 Å². The number of ether oxygens (including phenoxy) is 1. The highest BCUT2D eigenvalue weighted by Gasteiger charge is 2.23. The smallest absolute Gasteiger partial charge is 0.314 e. The van der Waals surface area contributed by atoms with Crippen LogP contribution in [0.1, 0.15) is 35.6 Å². The summed E-state index contributed by atoms with van der Waals surface area (Å²) in [5.41, 5.74) is 2.76. The Kier molecular flexibility index (Phi) is 5.02. The maximum atomic E-state index is 12.7. The number of pyridine rings is 1. The fourth-order valence-corrected chi connectivity index (χ4v) is 2.57. The molecule has 0 spiro atoms. The summed E-state index contributed by atoms with van der Waals surface area (Å²) >= 11 is 0. The summed E-state index contributed by atoms with van der Waals surface area (Å²) in [6.07, 6.45) is 2.98. The first-order valence-corrected chi connectivity index (χ1v) is 7.96. The van der Waals surface area contributed by atoms with Gasteiger partial charge in [0.15, 0.2) is 6.10 Å². The first kappa shape index (κ1) is 15.9. The van der Waals surface area contributed by atoms with Crippen LogP contribution in [-0.2, 0) is 9.53 Å². The van der Waals surface area contributed by atoms with Crippen molar-refractivity contribution in [2.24, 2.45) is 0 Å². The Bertz CT molecular complexity index is 733. The molecule has 2 aromatic carbocycles. The zero-order chi connectivity index (χ0) is 16.8. The average Bonchev–Trinajstić information content (AvgIpc) is 2.67. The Balaban J connectivity index is 1.86. The van der Waals surface area contributed by atoms with Crippen LogP contribution in [0.4, 0.5) is 0 Å². The third-order valence-corrected chi connectivity index (χ3v) is 3.98. The predicted molar refractivity (Wildman–Crippen MR) is 93.5 cm³/mol. The number of benzene rings is 2. The third-order valence-electron chi connectivity index (χ3n) is 3.98. The minimum atomic E-state index is -0.418. The molecule has 1 atom stereocenters. The van der Waals surface area contributed by atoms with Crippen LogP contribution in [0.15, 0.2) is 85.2 Å². The van der Waals surface area contributed by atoms with Gasteiger partial charge in [-0.05, 0) is 29.7 Å². The van der Waals surface area contributed by atoms with Crippen LogP contribution in [-0.4, -0.2) is 11.0 Å². The number of esters is 1. The molecule has 1 unspecified atom stereocenters. The SMILES string of the molecule is CC(C(=O)OC(c1ccccc1)c1ccccc1)c1cccnc1. The Morgan fingerprint density at radius 3 is 1.88 bits per heavy atom. The lowest BCUT2D eigenvalue weighted by Gasteiger charge is -2.21. The standard InChI is InChI=1S/C21H19NO2/c1-16(19-13-8-14-22-15-19)21(23)24-20(17-9-4-2-5-10-17)18-11-6-3-7-12-18/h2-16,20H,1H3. The zero-order valence-corrected chi connectivity index (χ0v) is 13.5. The van der Waals surface area contributed by atoms with Gasteiger partial charge in [-0.3, -0.25) is 9.78 Å². The van der Waals surface area contributed by atoms with Gasteiger partial charge in [0.05, 0.1) is 5.92 Å². The molecule has 0 aliphatic carbocycles. The fraction of sp³-hybridized carbons (Fsp3) is 0.143. The molecule has 0 saturated heterocycles. The van der Waals surface area contributed by atoms with Gasteiger partial charge in [-0.15, -0.1) is 0 Å². The highest BCUT2D eigenvalue weighted by molar-refractivity contribution is 5.78. The Morgan fingerprint density at radius 1 is 0.833 bits per heavy atom. The average molecular weight is 317 g/mol. The summed E-state index contributed by atoms with van der Waals surface area (Å²) in [6.45, 7) is 1.84. The van der Waals surface area contributed by atoms with E-state index in [0.717, 1.165) is 16.7 Å². The predicted octanol–water partition coefficient (Wildman–Crippen LogP) is 4.52. The molecular formula is C21H19NO2. The normalized spacial score (nSPS) is 11.9. The van der Waals surface area contributed by atoms with E-state index in [2.05, 4.69) is 4.98 Å². The molecule has 120 valence electrons. The zero-order valence-electron chi connectivity index (χ0n) is 13.5. The number of carbonyl (C=O) groups excluding carboxylic acids is 1. The van der Waals surface area contributed by atoms with Gasteiger partial charge in [-0.25, -0.2) is 0 Å². The molecule has 0 aliphatic rings. The van der Waals surface area contributed by atoms with Crippen LogP contribution >= 0.6 is 0 Å². The maximum Gasteiger partial charge on any atom is 0.314 e. The molecule has 3 heteroatoms. The molecule has 3 nitrogen and oxygen atoms in total. The van der Waals surface area contributed by atoms with E-state index in [0.29, 0.717) is 0 Å². The summed E-state index contributed by atoms with van der Waals surface area (Å²) in [4.78, 5) is 16.7. The lowest BCUT2D eigenvalue weighted by molar-refractivity contribution is -0.149. The van der Waals surface area contributed by atoms with Crippen LogP contribution in [0.25, 0.3) is 0 Å². The minimum Gasteiger partial charge on any atom is -0.452 e. The lowest BCUT2D eigenvalue weighted by atomic mass is 10.00. The monoisotopic (exact) mass is 317 g/mol. The van der Waals surface area contributed by atoms with Gasteiger partial charge in [-0.1, -0.05) is 66.7 Å². The number of hydrogen-bond acceptors (Lipinski definition) is 3. The number of rotatable bonds is 5. The fourth-order valence-electron chi connectivity index (χ4n) is 2.57. The van der Waals surface area contributed by atoms with E-state index in [9.17, 15) is 4.79 Å². The summed E-state index contributed by atoms with van der Waals surface area (Å²) in [7, 11) is 0. The highest BCUT2D eigenvalue weighted by atomic mass is 16.5. The second-order valence-corrected chi connectivity index (χ2v) is 5.65. The highest BCUT2D eigenvalue weighted by Crippen LogP contribution is 2.28. The van der Waals surface area contributed by atoms with Gasteiger partial charge >= 0.3 is 5.97 Å². The molecular weight excluding hydrogens is 298 g/mol. The van der Waals surface area contributed by atoms with Crippen molar-refractivity contribution in [3.05, 3.63) is 102 Å². The van der Waals surface area contributed by atoms with Crippen molar-refractivity contribution in [1.29, 1.82) is 0 Å². The number of aromatic nitrogens is 1. The first-order valence-electron chi connectivity index (χ1n) is 7.96. The third kappa shape index (κ3) is 3.69. The number of nitrogens with zero attached hydrogens (tertiary/aromatic N) is 1. The molecule has 0 N–H and O–H groups in total. The van der Waals surface area contributed by atoms with Crippen molar-refractivity contribution < 1.29 is 9.53 Å². The van der Waals surface area contributed by atoms with E-state index < -0.39 is 6.10 Å². The Morgan fingerprint density at radius 2 is 1.38 bits per heavy atom. The minimum absolute atomic E-state index is 0.263.